The molecule has 1 atom stereocenters. The number of fused-ring (bicyclic) bond motifs is 2. The third-order valence-corrected chi connectivity index (χ3v) is 4.72. The van der Waals surface area contributed by atoms with Crippen molar-refractivity contribution in [1.82, 2.24) is 9.69 Å². The molecule has 0 fully saturated rings. The van der Waals surface area contributed by atoms with Gasteiger partial charge < -0.3 is 20.1 Å². The van der Waals surface area contributed by atoms with Gasteiger partial charge in [0.25, 0.3) is 5.91 Å². The van der Waals surface area contributed by atoms with Crippen LogP contribution in [0.15, 0.2) is 48.5 Å². The Balaban J connectivity index is 1.27. The van der Waals surface area contributed by atoms with Crippen molar-refractivity contribution in [3.63, 3.8) is 0 Å². The summed E-state index contributed by atoms with van der Waals surface area (Å²) in [5.74, 6) is 1.94. The van der Waals surface area contributed by atoms with Crippen LogP contribution >= 0.6 is 11.5 Å². The second-order valence-electron chi connectivity index (χ2n) is 5.61. The number of nitrogens with zero attached hydrogens (tertiary/aromatic N) is 1. The highest BCUT2D eigenvalue weighted by Gasteiger charge is 2.26. The minimum absolute atomic E-state index is 0.181. The highest BCUT2D eigenvalue weighted by Crippen LogP contribution is 2.30. The van der Waals surface area contributed by atoms with Crippen LogP contribution < -0.4 is 20.1 Å². The zero-order valence-electron chi connectivity index (χ0n) is 13.4. The monoisotopic (exact) mass is 355 g/mol. The molecule has 1 aromatic heterocycles. The van der Waals surface area contributed by atoms with E-state index >= 15 is 0 Å². The quantitative estimate of drug-likeness (QED) is 0.689. The zero-order chi connectivity index (χ0) is 17.1. The summed E-state index contributed by atoms with van der Waals surface area (Å²) >= 11 is 1.46. The van der Waals surface area contributed by atoms with Crippen molar-refractivity contribution in [2.24, 2.45) is 0 Å². The molecule has 0 saturated heterocycles. The molecule has 6 nitrogen and oxygen atoms in total. The first-order chi connectivity index (χ1) is 12.3. The van der Waals surface area contributed by atoms with Gasteiger partial charge in [-0.15, -0.1) is 0 Å². The largest absolute Gasteiger partial charge is 0.485 e. The molecule has 0 aliphatic carbocycles. The van der Waals surface area contributed by atoms with E-state index < -0.39 is 6.10 Å². The van der Waals surface area contributed by atoms with Crippen molar-refractivity contribution in [2.75, 3.05) is 25.0 Å². The fraction of sp³-hybridized carbons (Fsp3) is 0.222. The molecule has 2 N–H and O–H groups in total. The minimum Gasteiger partial charge on any atom is -0.485 e. The highest BCUT2D eigenvalue weighted by atomic mass is 32.1. The standard InChI is InChI=1S/C18H17N3O3S/c22-18(15-11-23-13-6-2-3-7-14(13)24-15)20-10-9-19-17-12-5-1-4-8-16(12)25-21-17/h1-8,15H,9-11H2,(H,19,21)(H,20,22). The Labute approximate surface area is 148 Å². The van der Waals surface area contributed by atoms with Crippen molar-refractivity contribution in [3.8, 4) is 11.5 Å². The van der Waals surface area contributed by atoms with Gasteiger partial charge in [-0.2, -0.15) is 4.37 Å². The molecule has 25 heavy (non-hydrogen) atoms. The number of benzene rings is 2. The molecule has 1 unspecified atom stereocenters. The Morgan fingerprint density at radius 3 is 2.84 bits per heavy atom. The average molecular weight is 355 g/mol. The lowest BCUT2D eigenvalue weighted by atomic mass is 10.2. The van der Waals surface area contributed by atoms with Crippen molar-refractivity contribution in [2.45, 2.75) is 6.10 Å². The number of amides is 1. The molecule has 2 heterocycles. The van der Waals surface area contributed by atoms with E-state index in [-0.39, 0.29) is 12.5 Å². The van der Waals surface area contributed by atoms with E-state index in [0.717, 1.165) is 15.9 Å². The normalized spacial score (nSPS) is 15.8. The van der Waals surface area contributed by atoms with E-state index in [1.54, 1.807) is 6.07 Å². The van der Waals surface area contributed by atoms with Gasteiger partial charge in [-0.25, -0.2) is 0 Å². The molecule has 3 aromatic rings. The number of ether oxygens (including phenoxy) is 2. The second kappa shape index (κ2) is 6.98. The van der Waals surface area contributed by atoms with Crippen LogP contribution in [-0.2, 0) is 4.79 Å². The van der Waals surface area contributed by atoms with Crippen LogP contribution in [0.4, 0.5) is 5.82 Å². The topological polar surface area (TPSA) is 72.5 Å². The Bertz CT molecular complexity index is 896. The lowest BCUT2D eigenvalue weighted by Gasteiger charge is -2.25. The highest BCUT2D eigenvalue weighted by molar-refractivity contribution is 7.13. The van der Waals surface area contributed by atoms with E-state index in [1.165, 1.54) is 11.5 Å². The van der Waals surface area contributed by atoms with E-state index in [0.29, 0.717) is 24.6 Å². The van der Waals surface area contributed by atoms with Crippen molar-refractivity contribution in [3.05, 3.63) is 48.5 Å². The molecule has 0 bridgehead atoms. The Morgan fingerprint density at radius 2 is 1.92 bits per heavy atom. The first-order valence-corrected chi connectivity index (χ1v) is 8.83. The Morgan fingerprint density at radius 1 is 1.12 bits per heavy atom. The summed E-state index contributed by atoms with van der Waals surface area (Å²) in [6, 6.07) is 15.4. The molecular formula is C18H17N3O3S. The number of para-hydroxylation sites is 2. The minimum atomic E-state index is -0.630. The van der Waals surface area contributed by atoms with Gasteiger partial charge in [-0.1, -0.05) is 24.3 Å². The number of rotatable bonds is 5. The maximum atomic E-state index is 12.2. The van der Waals surface area contributed by atoms with E-state index in [1.807, 2.05) is 42.5 Å². The van der Waals surface area contributed by atoms with E-state index in [4.69, 9.17) is 9.47 Å². The van der Waals surface area contributed by atoms with Gasteiger partial charge in [-0.3, -0.25) is 4.79 Å². The number of carbonyl (C=O) groups excluding carboxylic acids is 1. The smallest absolute Gasteiger partial charge is 0.264 e. The summed E-state index contributed by atoms with van der Waals surface area (Å²) in [6.45, 7) is 1.28. The van der Waals surface area contributed by atoms with Crippen LogP contribution in [0.2, 0.25) is 0 Å². The van der Waals surface area contributed by atoms with Gasteiger partial charge in [0.2, 0.25) is 6.10 Å². The molecule has 1 amide bonds. The van der Waals surface area contributed by atoms with Gasteiger partial charge in [0.15, 0.2) is 11.5 Å². The molecule has 1 aliphatic rings. The van der Waals surface area contributed by atoms with Crippen LogP contribution in [0.5, 0.6) is 11.5 Å². The molecule has 7 heteroatoms. The second-order valence-corrected chi connectivity index (χ2v) is 6.41. The average Bonchev–Trinajstić information content (AvgIpc) is 3.08. The molecule has 0 radical (unpaired) electrons. The predicted octanol–water partition coefficient (Wildman–Crippen LogP) is 2.66. The van der Waals surface area contributed by atoms with E-state index in [2.05, 4.69) is 15.0 Å². The van der Waals surface area contributed by atoms with Crippen molar-refractivity contribution in [1.29, 1.82) is 0 Å². The number of nitrogens with one attached hydrogen (secondary N) is 2. The summed E-state index contributed by atoms with van der Waals surface area (Å²) < 4.78 is 16.8. The van der Waals surface area contributed by atoms with Crippen LogP contribution in [-0.4, -0.2) is 36.1 Å². The van der Waals surface area contributed by atoms with Gasteiger partial charge >= 0.3 is 0 Å². The summed E-state index contributed by atoms with van der Waals surface area (Å²) in [7, 11) is 0. The molecule has 0 saturated carbocycles. The fourth-order valence-corrected chi connectivity index (χ4v) is 3.40. The first kappa shape index (κ1) is 15.7. The van der Waals surface area contributed by atoms with Gasteiger partial charge in [0, 0.05) is 18.5 Å². The molecule has 0 spiro atoms. The number of hydrogen-bond donors (Lipinski definition) is 2. The molecule has 4 rings (SSSR count). The first-order valence-electron chi connectivity index (χ1n) is 8.06. The number of hydrogen-bond acceptors (Lipinski definition) is 6. The van der Waals surface area contributed by atoms with Gasteiger partial charge in [0.05, 0.1) is 4.70 Å². The SMILES string of the molecule is O=C(NCCNc1nsc2ccccc12)C1COc2ccccc2O1. The molecule has 1 aliphatic heterocycles. The Hall–Kier alpha value is -2.80. The third-order valence-electron chi connectivity index (χ3n) is 3.90. The fourth-order valence-electron chi connectivity index (χ4n) is 2.64. The number of carbonyl (C=O) groups is 1. The Kier molecular flexibility index (Phi) is 4.39. The lowest BCUT2D eigenvalue weighted by molar-refractivity contribution is -0.130. The summed E-state index contributed by atoms with van der Waals surface area (Å²) in [6.07, 6.45) is -0.630. The van der Waals surface area contributed by atoms with Crippen LogP contribution in [0.25, 0.3) is 10.1 Å². The van der Waals surface area contributed by atoms with Crippen LogP contribution in [0.3, 0.4) is 0 Å². The third kappa shape index (κ3) is 3.36. The zero-order valence-corrected chi connectivity index (χ0v) is 14.2. The lowest BCUT2D eigenvalue weighted by Crippen LogP contribution is -2.45. The van der Waals surface area contributed by atoms with E-state index in [9.17, 15) is 4.79 Å². The summed E-state index contributed by atoms with van der Waals surface area (Å²) in [4.78, 5) is 12.2. The molecular weight excluding hydrogens is 338 g/mol. The van der Waals surface area contributed by atoms with Crippen LogP contribution in [0.1, 0.15) is 0 Å². The number of aromatic nitrogens is 1. The maximum absolute atomic E-state index is 12.2. The molecule has 2 aromatic carbocycles. The van der Waals surface area contributed by atoms with Crippen molar-refractivity contribution < 1.29 is 14.3 Å². The van der Waals surface area contributed by atoms with Crippen LogP contribution in [0, 0.1) is 0 Å². The van der Waals surface area contributed by atoms with Gasteiger partial charge in [-0.05, 0) is 35.8 Å². The van der Waals surface area contributed by atoms with Crippen molar-refractivity contribution >= 4 is 33.3 Å². The predicted molar refractivity (Wildman–Crippen MR) is 97.5 cm³/mol. The number of anilines is 1. The molecule has 128 valence electrons. The van der Waals surface area contributed by atoms with Gasteiger partial charge in [0.1, 0.15) is 12.4 Å². The summed E-state index contributed by atoms with van der Waals surface area (Å²) in [5.41, 5.74) is 0. The maximum Gasteiger partial charge on any atom is 0.264 e. The summed E-state index contributed by atoms with van der Waals surface area (Å²) in [5, 5.41) is 7.21.